The topological polar surface area (TPSA) is 81.1 Å². The Morgan fingerprint density at radius 1 is 1.09 bits per heavy atom. The fraction of sp³-hybridized carbons (Fsp3) is 0.435. The van der Waals surface area contributed by atoms with E-state index in [1.807, 2.05) is 6.20 Å². The van der Waals surface area contributed by atoms with Crippen LogP contribution in [0.3, 0.4) is 0 Å². The molecule has 0 saturated heterocycles. The molecular weight excluding hydrogens is 500 g/mol. The highest BCUT2D eigenvalue weighted by molar-refractivity contribution is 7.99. The first-order valence-corrected chi connectivity index (χ1v) is 11.9. The van der Waals surface area contributed by atoms with Crippen LogP contribution in [0.25, 0.3) is 11.0 Å². The van der Waals surface area contributed by atoms with Gasteiger partial charge in [0.15, 0.2) is 5.75 Å². The van der Waals surface area contributed by atoms with Crippen LogP contribution in [0.1, 0.15) is 36.9 Å². The van der Waals surface area contributed by atoms with Crippen molar-refractivity contribution in [3.05, 3.63) is 58.0 Å². The Labute approximate surface area is 214 Å². The number of halogens is 3. The number of fused-ring (bicyclic) bond motifs is 2. The van der Waals surface area contributed by atoms with Crippen LogP contribution in [0.5, 0.6) is 5.75 Å². The van der Waals surface area contributed by atoms with Gasteiger partial charge in [-0.05, 0) is 37.8 Å². The largest absolute Gasteiger partial charge is 0.480 e. The summed E-state index contributed by atoms with van der Waals surface area (Å²) in [5.41, 5.74) is 2.56. The molecule has 0 atom stereocenters. The summed E-state index contributed by atoms with van der Waals surface area (Å²) >= 11 is 1.70. The fourth-order valence-electron chi connectivity index (χ4n) is 4.51. The van der Waals surface area contributed by atoms with Gasteiger partial charge in [-0.25, -0.2) is 4.39 Å². The molecule has 1 aliphatic carbocycles. The zero-order chi connectivity index (χ0) is 22.1. The van der Waals surface area contributed by atoms with Crippen molar-refractivity contribution in [3.8, 4) is 5.75 Å². The number of aromatic nitrogens is 3. The summed E-state index contributed by atoms with van der Waals surface area (Å²) < 4.78 is 21.5. The predicted molar refractivity (Wildman–Crippen MR) is 137 cm³/mol. The van der Waals surface area contributed by atoms with Crippen LogP contribution in [0.15, 0.2) is 40.3 Å². The lowest BCUT2D eigenvalue weighted by Crippen LogP contribution is -2.39. The van der Waals surface area contributed by atoms with E-state index in [-0.39, 0.29) is 36.2 Å². The van der Waals surface area contributed by atoms with E-state index in [9.17, 15) is 9.18 Å². The van der Waals surface area contributed by atoms with Crippen molar-refractivity contribution in [2.45, 2.75) is 55.8 Å². The van der Waals surface area contributed by atoms with E-state index in [0.717, 1.165) is 48.6 Å². The molecule has 0 spiro atoms. The predicted octanol–water partition coefficient (Wildman–Crippen LogP) is 3.94. The molecule has 1 saturated carbocycles. The number of thioether (sulfide) groups is 1. The number of aryl methyl sites for hydroxylation is 1. The molecule has 1 aliphatic heterocycles. The van der Waals surface area contributed by atoms with Gasteiger partial charge < -0.3 is 19.9 Å². The second kappa shape index (κ2) is 11.7. The molecule has 34 heavy (non-hydrogen) atoms. The molecule has 2 aliphatic rings. The van der Waals surface area contributed by atoms with Crippen molar-refractivity contribution in [3.63, 3.8) is 0 Å². The second-order valence-corrected chi connectivity index (χ2v) is 9.35. The Morgan fingerprint density at radius 3 is 2.53 bits per heavy atom. The number of pyridine rings is 3. The average molecular weight is 528 g/mol. The number of ether oxygens (including phenoxy) is 1. The van der Waals surface area contributed by atoms with E-state index in [1.54, 1.807) is 24.9 Å². The molecule has 2 N–H and O–H groups in total. The van der Waals surface area contributed by atoms with Crippen LogP contribution >= 0.6 is 36.6 Å². The minimum absolute atomic E-state index is 0. The average Bonchev–Trinajstić information content (AvgIpc) is 3.28. The molecule has 0 amide bonds. The van der Waals surface area contributed by atoms with Crippen molar-refractivity contribution in [2.24, 2.45) is 7.05 Å². The molecule has 1 fully saturated rings. The van der Waals surface area contributed by atoms with Gasteiger partial charge >= 0.3 is 0 Å². The highest BCUT2D eigenvalue weighted by Crippen LogP contribution is 2.35. The summed E-state index contributed by atoms with van der Waals surface area (Å²) in [4.78, 5) is 21.8. The first kappa shape index (κ1) is 26.7. The minimum Gasteiger partial charge on any atom is -0.480 e. The zero-order valence-electron chi connectivity index (χ0n) is 18.8. The SMILES string of the molecule is Cl.Cl.Cn1c(=O)ccc2ncc(F)c(CNC3CCC(NCc4cc5c(cn4)OCS5)CC3)c21. The number of rotatable bonds is 6. The van der Waals surface area contributed by atoms with E-state index >= 15 is 0 Å². The molecule has 3 aromatic heterocycles. The van der Waals surface area contributed by atoms with Crippen LogP contribution < -0.4 is 20.9 Å². The summed E-state index contributed by atoms with van der Waals surface area (Å²) in [6.07, 6.45) is 7.19. The van der Waals surface area contributed by atoms with Crippen molar-refractivity contribution in [1.29, 1.82) is 0 Å². The maximum Gasteiger partial charge on any atom is 0.250 e. The third-order valence-corrected chi connectivity index (χ3v) is 7.23. The van der Waals surface area contributed by atoms with Crippen LogP contribution in [-0.2, 0) is 20.1 Å². The summed E-state index contributed by atoms with van der Waals surface area (Å²) in [6.45, 7) is 1.13. The molecule has 5 rings (SSSR count). The van der Waals surface area contributed by atoms with Gasteiger partial charge in [-0.3, -0.25) is 14.8 Å². The summed E-state index contributed by atoms with van der Waals surface area (Å²) in [7, 11) is 1.66. The van der Waals surface area contributed by atoms with Gasteiger partial charge in [-0.1, -0.05) is 11.8 Å². The lowest BCUT2D eigenvalue weighted by molar-refractivity contribution is 0.304. The second-order valence-electron chi connectivity index (χ2n) is 8.39. The molecule has 4 heterocycles. The fourth-order valence-corrected chi connectivity index (χ4v) is 5.29. The smallest absolute Gasteiger partial charge is 0.250 e. The Kier molecular flexibility index (Phi) is 9.17. The van der Waals surface area contributed by atoms with Gasteiger partial charge in [-0.2, -0.15) is 0 Å². The van der Waals surface area contributed by atoms with Crippen LogP contribution in [0.2, 0.25) is 0 Å². The van der Waals surface area contributed by atoms with Crippen molar-refractivity contribution in [1.82, 2.24) is 25.2 Å². The Morgan fingerprint density at radius 2 is 1.79 bits per heavy atom. The lowest BCUT2D eigenvalue weighted by atomic mass is 9.91. The molecule has 184 valence electrons. The number of hydrogen-bond acceptors (Lipinski definition) is 7. The maximum absolute atomic E-state index is 14.5. The van der Waals surface area contributed by atoms with E-state index in [1.165, 1.54) is 16.8 Å². The molecule has 0 radical (unpaired) electrons. The molecule has 0 unspecified atom stereocenters. The number of hydrogen-bond donors (Lipinski definition) is 2. The van der Waals surface area contributed by atoms with Crippen molar-refractivity contribution in [2.75, 3.05) is 5.94 Å². The normalized spacial score (nSPS) is 19.1. The maximum atomic E-state index is 14.5. The van der Waals surface area contributed by atoms with Gasteiger partial charge in [0.25, 0.3) is 5.56 Å². The first-order chi connectivity index (χ1) is 15.6. The van der Waals surface area contributed by atoms with Gasteiger partial charge in [0, 0.05) is 43.9 Å². The molecule has 3 aromatic rings. The Hall–Kier alpha value is -1.91. The number of nitrogens with one attached hydrogen (secondary N) is 2. The van der Waals surface area contributed by atoms with Gasteiger partial charge in [-0.15, -0.1) is 24.8 Å². The highest BCUT2D eigenvalue weighted by Gasteiger charge is 2.22. The van der Waals surface area contributed by atoms with E-state index in [2.05, 4.69) is 26.7 Å². The van der Waals surface area contributed by atoms with E-state index < -0.39 is 0 Å². The van der Waals surface area contributed by atoms with Crippen molar-refractivity contribution < 1.29 is 9.13 Å². The van der Waals surface area contributed by atoms with Gasteiger partial charge in [0.2, 0.25) is 0 Å². The summed E-state index contributed by atoms with van der Waals surface area (Å²) in [6, 6.07) is 5.99. The molecule has 0 aromatic carbocycles. The molecular formula is C23H28Cl2FN5O2S. The molecule has 7 nitrogen and oxygen atoms in total. The summed E-state index contributed by atoms with van der Waals surface area (Å²) in [5, 5.41) is 7.12. The van der Waals surface area contributed by atoms with Crippen LogP contribution in [0.4, 0.5) is 4.39 Å². The van der Waals surface area contributed by atoms with Gasteiger partial charge in [0.1, 0.15) is 11.8 Å². The first-order valence-electron chi connectivity index (χ1n) is 10.9. The molecule has 0 bridgehead atoms. The Balaban J connectivity index is 0.00000162. The third kappa shape index (κ3) is 5.66. The standard InChI is InChI=1S/C23H26FN5O2S.2ClH/c1-29-22(30)7-6-19-23(29)17(18(24)11-28-19)10-26-15-4-2-14(3-5-15)25-9-16-8-21-20(12-27-16)31-13-32-21;;/h6-8,11-12,14-15,25-26H,2-5,9-10,13H2,1H3;2*1H. The quantitative estimate of drug-likeness (QED) is 0.502. The van der Waals surface area contributed by atoms with Gasteiger partial charge in [0.05, 0.1) is 34.0 Å². The van der Waals surface area contributed by atoms with E-state index in [4.69, 9.17) is 4.74 Å². The molecule has 11 heteroatoms. The zero-order valence-corrected chi connectivity index (χ0v) is 21.2. The number of nitrogens with zero attached hydrogens (tertiary/aromatic N) is 3. The minimum atomic E-state index is -0.382. The van der Waals surface area contributed by atoms with Crippen LogP contribution in [-0.4, -0.2) is 32.6 Å². The highest BCUT2D eigenvalue weighted by atomic mass is 35.5. The monoisotopic (exact) mass is 527 g/mol. The van der Waals surface area contributed by atoms with Crippen LogP contribution in [0, 0.1) is 5.82 Å². The van der Waals surface area contributed by atoms with Crippen molar-refractivity contribution >= 4 is 47.6 Å². The Bertz CT molecular complexity index is 1200. The summed E-state index contributed by atoms with van der Waals surface area (Å²) in [5.74, 6) is 1.16. The third-order valence-electron chi connectivity index (χ3n) is 6.37. The lowest BCUT2D eigenvalue weighted by Gasteiger charge is -2.30. The van der Waals surface area contributed by atoms with E-state index in [0.29, 0.717) is 41.2 Å².